The van der Waals surface area contributed by atoms with Gasteiger partial charge in [-0.1, -0.05) is 43.7 Å². The molecule has 21 heavy (non-hydrogen) atoms. The molecule has 1 amide bonds. The zero-order valence-corrected chi connectivity index (χ0v) is 12.4. The van der Waals surface area contributed by atoms with Crippen molar-refractivity contribution in [1.82, 2.24) is 5.32 Å². The number of benzene rings is 1. The molecule has 0 radical (unpaired) electrons. The molecule has 114 valence electrons. The fraction of sp³-hybridized carbons (Fsp3) is 0.529. The van der Waals surface area contributed by atoms with Crippen molar-refractivity contribution in [3.8, 4) is 0 Å². The predicted octanol–water partition coefficient (Wildman–Crippen LogP) is 2.94. The molecule has 1 atom stereocenters. The molecule has 0 heterocycles. The average Bonchev–Trinajstić information content (AvgIpc) is 2.42. The number of rotatable bonds is 7. The van der Waals surface area contributed by atoms with E-state index in [1.807, 2.05) is 25.1 Å². The molecule has 1 aliphatic rings. The van der Waals surface area contributed by atoms with Crippen molar-refractivity contribution >= 4 is 11.9 Å². The number of hydrogen-bond acceptors (Lipinski definition) is 2. The summed E-state index contributed by atoms with van der Waals surface area (Å²) in [6.45, 7) is 1.92. The van der Waals surface area contributed by atoms with Crippen LogP contribution in [0.4, 0.5) is 0 Å². The molecule has 4 nitrogen and oxygen atoms in total. The highest BCUT2D eigenvalue weighted by Crippen LogP contribution is 2.43. The number of carbonyl (C=O) groups excluding carboxylic acids is 1. The van der Waals surface area contributed by atoms with Gasteiger partial charge in [-0.25, -0.2) is 4.79 Å². The number of aliphatic carboxylic acids is 1. The fourth-order valence-electron chi connectivity index (χ4n) is 2.96. The minimum absolute atomic E-state index is 0.132. The summed E-state index contributed by atoms with van der Waals surface area (Å²) >= 11 is 0. The molecule has 0 aromatic heterocycles. The van der Waals surface area contributed by atoms with Gasteiger partial charge in [0.15, 0.2) is 0 Å². The monoisotopic (exact) mass is 289 g/mol. The predicted molar refractivity (Wildman–Crippen MR) is 81.0 cm³/mol. The first-order valence-electron chi connectivity index (χ1n) is 7.67. The van der Waals surface area contributed by atoms with Crippen LogP contribution in [0, 0.1) is 5.92 Å². The Labute approximate surface area is 125 Å². The lowest BCUT2D eigenvalue weighted by Gasteiger charge is -2.35. The van der Waals surface area contributed by atoms with Crippen LogP contribution in [0.3, 0.4) is 0 Å². The molecular formula is C17H23NO3. The van der Waals surface area contributed by atoms with Crippen molar-refractivity contribution in [2.75, 3.05) is 0 Å². The maximum Gasteiger partial charge on any atom is 0.326 e. The van der Waals surface area contributed by atoms with Gasteiger partial charge in [0.25, 0.3) is 0 Å². The van der Waals surface area contributed by atoms with Gasteiger partial charge in [0.05, 0.1) is 0 Å². The molecule has 0 saturated heterocycles. The Morgan fingerprint density at radius 2 is 1.95 bits per heavy atom. The number of carbonyl (C=O) groups is 2. The van der Waals surface area contributed by atoms with Crippen molar-refractivity contribution in [2.24, 2.45) is 5.92 Å². The lowest BCUT2D eigenvalue weighted by Crippen LogP contribution is -2.42. The summed E-state index contributed by atoms with van der Waals surface area (Å²) in [6, 6.07) is 9.60. The number of carboxylic acids is 1. The molecule has 0 bridgehead atoms. The summed E-state index contributed by atoms with van der Waals surface area (Å²) < 4.78 is 0. The van der Waals surface area contributed by atoms with Crippen LogP contribution in [0.2, 0.25) is 0 Å². The summed E-state index contributed by atoms with van der Waals surface area (Å²) in [6.07, 6.45) is 3.71. The molecule has 1 fully saturated rings. The summed E-state index contributed by atoms with van der Waals surface area (Å²) in [5.41, 5.74) is 1.34. The highest BCUT2D eigenvalue weighted by molar-refractivity contribution is 5.83. The Hall–Kier alpha value is -1.84. The third-order valence-corrected chi connectivity index (χ3v) is 4.19. The first kappa shape index (κ1) is 15.5. The number of carboxylic acid groups (broad SMARTS) is 1. The summed E-state index contributed by atoms with van der Waals surface area (Å²) in [5, 5.41) is 11.7. The summed E-state index contributed by atoms with van der Waals surface area (Å²) in [5.74, 6) is -0.144. The Morgan fingerprint density at radius 3 is 2.52 bits per heavy atom. The maximum atomic E-state index is 11.9. The number of nitrogens with one attached hydrogen (secondary N) is 1. The molecule has 0 aliphatic heterocycles. The van der Waals surface area contributed by atoms with Gasteiger partial charge >= 0.3 is 5.97 Å². The van der Waals surface area contributed by atoms with Crippen LogP contribution in [0.1, 0.15) is 50.5 Å². The lowest BCUT2D eigenvalue weighted by atomic mass is 9.70. The van der Waals surface area contributed by atoms with Crippen LogP contribution in [0.25, 0.3) is 0 Å². The van der Waals surface area contributed by atoms with E-state index in [1.54, 1.807) is 0 Å². The second-order valence-corrected chi connectivity index (χ2v) is 5.90. The van der Waals surface area contributed by atoms with Crippen LogP contribution < -0.4 is 5.32 Å². The van der Waals surface area contributed by atoms with Gasteiger partial charge < -0.3 is 10.4 Å². The SMILES string of the molecule is CCCC(NC(=O)CC1CC(c2ccccc2)C1)C(=O)O. The van der Waals surface area contributed by atoms with Crippen molar-refractivity contribution < 1.29 is 14.7 Å². The maximum absolute atomic E-state index is 11.9. The smallest absolute Gasteiger partial charge is 0.326 e. The molecule has 0 spiro atoms. The Morgan fingerprint density at radius 1 is 1.29 bits per heavy atom. The quantitative estimate of drug-likeness (QED) is 0.811. The third kappa shape index (κ3) is 4.31. The van der Waals surface area contributed by atoms with Crippen LogP contribution in [-0.2, 0) is 9.59 Å². The van der Waals surface area contributed by atoms with E-state index >= 15 is 0 Å². The Balaban J connectivity index is 1.74. The number of amides is 1. The van der Waals surface area contributed by atoms with Crippen LogP contribution in [-0.4, -0.2) is 23.0 Å². The van der Waals surface area contributed by atoms with Gasteiger partial charge in [-0.3, -0.25) is 4.79 Å². The topological polar surface area (TPSA) is 66.4 Å². The van der Waals surface area contributed by atoms with Gasteiger partial charge in [0, 0.05) is 6.42 Å². The van der Waals surface area contributed by atoms with Gasteiger partial charge in [-0.05, 0) is 36.7 Å². The second-order valence-electron chi connectivity index (χ2n) is 5.90. The molecule has 1 saturated carbocycles. The molecule has 1 aliphatic carbocycles. The summed E-state index contributed by atoms with van der Waals surface area (Å²) in [4.78, 5) is 22.9. The minimum atomic E-state index is -0.944. The molecule has 2 N–H and O–H groups in total. The highest BCUT2D eigenvalue weighted by Gasteiger charge is 2.32. The minimum Gasteiger partial charge on any atom is -0.480 e. The molecular weight excluding hydrogens is 266 g/mol. The van der Waals surface area contributed by atoms with Crippen molar-refractivity contribution in [1.29, 1.82) is 0 Å². The van der Waals surface area contributed by atoms with E-state index < -0.39 is 12.0 Å². The van der Waals surface area contributed by atoms with E-state index in [9.17, 15) is 9.59 Å². The van der Waals surface area contributed by atoms with Crippen molar-refractivity contribution in [3.63, 3.8) is 0 Å². The van der Waals surface area contributed by atoms with Gasteiger partial charge in [0.1, 0.15) is 6.04 Å². The van der Waals surface area contributed by atoms with E-state index in [4.69, 9.17) is 5.11 Å². The van der Waals surface area contributed by atoms with E-state index in [0.717, 1.165) is 19.3 Å². The zero-order chi connectivity index (χ0) is 15.2. The second kappa shape index (κ2) is 7.25. The Bertz CT molecular complexity index is 480. The van der Waals surface area contributed by atoms with Crippen LogP contribution in [0.15, 0.2) is 30.3 Å². The fourth-order valence-corrected chi connectivity index (χ4v) is 2.96. The lowest BCUT2D eigenvalue weighted by molar-refractivity contribution is -0.142. The van der Waals surface area contributed by atoms with Crippen LogP contribution in [0.5, 0.6) is 0 Å². The first-order chi connectivity index (χ1) is 10.1. The molecule has 2 rings (SSSR count). The number of hydrogen-bond donors (Lipinski definition) is 2. The molecule has 1 aromatic carbocycles. The zero-order valence-electron chi connectivity index (χ0n) is 12.4. The van der Waals surface area contributed by atoms with E-state index in [1.165, 1.54) is 5.56 Å². The van der Waals surface area contributed by atoms with E-state index in [-0.39, 0.29) is 5.91 Å². The molecule has 1 aromatic rings. The van der Waals surface area contributed by atoms with E-state index in [2.05, 4.69) is 17.4 Å². The van der Waals surface area contributed by atoms with Crippen molar-refractivity contribution in [2.45, 2.75) is 51.0 Å². The summed E-state index contributed by atoms with van der Waals surface area (Å²) in [7, 11) is 0. The first-order valence-corrected chi connectivity index (χ1v) is 7.67. The molecule has 1 unspecified atom stereocenters. The van der Waals surface area contributed by atoms with E-state index in [0.29, 0.717) is 24.7 Å². The largest absolute Gasteiger partial charge is 0.480 e. The van der Waals surface area contributed by atoms with Gasteiger partial charge in [-0.2, -0.15) is 0 Å². The highest BCUT2D eigenvalue weighted by atomic mass is 16.4. The van der Waals surface area contributed by atoms with Gasteiger partial charge in [-0.15, -0.1) is 0 Å². The van der Waals surface area contributed by atoms with Crippen LogP contribution >= 0.6 is 0 Å². The standard InChI is InChI=1S/C17H23NO3/c1-2-6-15(17(20)21)18-16(19)11-12-9-14(10-12)13-7-4-3-5-8-13/h3-5,7-8,12,14-15H,2,6,9-11H2,1H3,(H,18,19)(H,20,21). The normalized spacial score (nSPS) is 22.1. The average molecular weight is 289 g/mol. The Kier molecular flexibility index (Phi) is 5.37. The van der Waals surface area contributed by atoms with Gasteiger partial charge in [0.2, 0.25) is 5.91 Å². The third-order valence-electron chi connectivity index (χ3n) is 4.19. The molecule has 4 heteroatoms. The van der Waals surface area contributed by atoms with Crippen molar-refractivity contribution in [3.05, 3.63) is 35.9 Å².